The lowest BCUT2D eigenvalue weighted by molar-refractivity contribution is 0.559. The standard InChI is InChI=1S/C12H15N3O2S/c13-7-10-3-1-2-4-11(10)9-18(16,17)15-12-5-6-14-8-12/h1-4,12,14-15H,5-6,8-9H2/t12-/m0/s1. The molecule has 1 heterocycles. The Bertz CT molecular complexity index is 557. The van der Waals surface area contributed by atoms with Crippen LogP contribution >= 0.6 is 0 Å². The molecule has 0 bridgehead atoms. The van der Waals surface area contributed by atoms with Gasteiger partial charge in [0.25, 0.3) is 0 Å². The second-order valence-electron chi connectivity index (χ2n) is 4.34. The van der Waals surface area contributed by atoms with E-state index in [2.05, 4.69) is 10.0 Å². The molecule has 1 aromatic rings. The largest absolute Gasteiger partial charge is 0.315 e. The van der Waals surface area contributed by atoms with E-state index in [0.29, 0.717) is 17.7 Å². The van der Waals surface area contributed by atoms with Gasteiger partial charge in [0.1, 0.15) is 0 Å². The highest BCUT2D eigenvalue weighted by molar-refractivity contribution is 7.88. The predicted molar refractivity (Wildman–Crippen MR) is 68.2 cm³/mol. The Hall–Kier alpha value is -1.42. The molecule has 0 spiro atoms. The van der Waals surface area contributed by atoms with Crippen LogP contribution in [0.2, 0.25) is 0 Å². The van der Waals surface area contributed by atoms with Crippen LogP contribution in [-0.4, -0.2) is 27.5 Å². The number of nitrogens with one attached hydrogen (secondary N) is 2. The molecular formula is C12H15N3O2S. The van der Waals surface area contributed by atoms with E-state index < -0.39 is 10.0 Å². The summed E-state index contributed by atoms with van der Waals surface area (Å²) in [6.07, 6.45) is 0.805. The highest BCUT2D eigenvalue weighted by atomic mass is 32.2. The van der Waals surface area contributed by atoms with Gasteiger partial charge in [-0.2, -0.15) is 5.26 Å². The van der Waals surface area contributed by atoms with Crippen LogP contribution in [0.15, 0.2) is 24.3 Å². The normalized spacial score (nSPS) is 19.6. The quantitative estimate of drug-likeness (QED) is 0.822. The van der Waals surface area contributed by atoms with E-state index in [0.717, 1.165) is 13.0 Å². The van der Waals surface area contributed by atoms with E-state index in [1.165, 1.54) is 0 Å². The minimum absolute atomic E-state index is 0.0377. The summed E-state index contributed by atoms with van der Waals surface area (Å²) in [7, 11) is -3.39. The van der Waals surface area contributed by atoms with Crippen molar-refractivity contribution in [2.45, 2.75) is 18.2 Å². The van der Waals surface area contributed by atoms with Crippen molar-refractivity contribution in [1.82, 2.24) is 10.0 Å². The number of hydrogen-bond acceptors (Lipinski definition) is 4. The average molecular weight is 265 g/mol. The van der Waals surface area contributed by atoms with E-state index in [-0.39, 0.29) is 11.8 Å². The molecule has 2 rings (SSSR count). The Balaban J connectivity index is 2.10. The van der Waals surface area contributed by atoms with Gasteiger partial charge < -0.3 is 5.32 Å². The first-order valence-electron chi connectivity index (χ1n) is 5.79. The summed E-state index contributed by atoms with van der Waals surface area (Å²) in [5.74, 6) is -0.146. The minimum Gasteiger partial charge on any atom is -0.315 e. The van der Waals surface area contributed by atoms with Gasteiger partial charge >= 0.3 is 0 Å². The van der Waals surface area contributed by atoms with E-state index >= 15 is 0 Å². The summed E-state index contributed by atoms with van der Waals surface area (Å²) in [5, 5.41) is 12.0. The van der Waals surface area contributed by atoms with Crippen LogP contribution in [0.5, 0.6) is 0 Å². The van der Waals surface area contributed by atoms with Gasteiger partial charge in [0.15, 0.2) is 0 Å². The molecule has 1 aromatic carbocycles. The zero-order valence-corrected chi connectivity index (χ0v) is 10.7. The van der Waals surface area contributed by atoms with Crippen molar-refractivity contribution in [2.24, 2.45) is 0 Å². The monoisotopic (exact) mass is 265 g/mol. The van der Waals surface area contributed by atoms with Crippen LogP contribution < -0.4 is 10.0 Å². The van der Waals surface area contributed by atoms with Gasteiger partial charge in [0, 0.05) is 12.6 Å². The first-order valence-corrected chi connectivity index (χ1v) is 7.45. The second-order valence-corrected chi connectivity index (χ2v) is 6.09. The van der Waals surface area contributed by atoms with Crippen LogP contribution in [-0.2, 0) is 15.8 Å². The molecule has 0 saturated carbocycles. The first-order chi connectivity index (χ1) is 8.61. The van der Waals surface area contributed by atoms with Crippen molar-refractivity contribution in [3.05, 3.63) is 35.4 Å². The second kappa shape index (κ2) is 5.48. The van der Waals surface area contributed by atoms with Crippen molar-refractivity contribution in [3.63, 3.8) is 0 Å². The Labute approximate surface area is 107 Å². The lowest BCUT2D eigenvalue weighted by atomic mass is 10.1. The van der Waals surface area contributed by atoms with Crippen LogP contribution in [0.25, 0.3) is 0 Å². The summed E-state index contributed by atoms with van der Waals surface area (Å²) in [5.41, 5.74) is 0.950. The molecule has 1 atom stereocenters. The molecule has 0 radical (unpaired) electrons. The van der Waals surface area contributed by atoms with Crippen LogP contribution in [0, 0.1) is 11.3 Å². The summed E-state index contributed by atoms with van der Waals surface area (Å²) in [6.45, 7) is 1.50. The summed E-state index contributed by atoms with van der Waals surface area (Å²) in [6, 6.07) is 8.73. The Morgan fingerprint density at radius 3 is 2.89 bits per heavy atom. The zero-order chi connectivity index (χ0) is 13.0. The fourth-order valence-corrected chi connectivity index (χ4v) is 3.46. The van der Waals surface area contributed by atoms with E-state index in [9.17, 15) is 8.42 Å². The van der Waals surface area contributed by atoms with Gasteiger partial charge in [0.2, 0.25) is 10.0 Å². The molecule has 0 aliphatic carbocycles. The van der Waals surface area contributed by atoms with Crippen molar-refractivity contribution in [1.29, 1.82) is 5.26 Å². The van der Waals surface area contributed by atoms with Gasteiger partial charge in [-0.1, -0.05) is 18.2 Å². The Morgan fingerprint density at radius 2 is 2.22 bits per heavy atom. The molecule has 96 valence electrons. The molecule has 1 aliphatic heterocycles. The maximum atomic E-state index is 12.0. The van der Waals surface area contributed by atoms with E-state index in [1.54, 1.807) is 24.3 Å². The molecule has 0 unspecified atom stereocenters. The summed E-state index contributed by atoms with van der Waals surface area (Å²) < 4.78 is 26.6. The molecule has 18 heavy (non-hydrogen) atoms. The van der Waals surface area contributed by atoms with Crippen LogP contribution in [0.4, 0.5) is 0 Å². The number of sulfonamides is 1. The number of nitriles is 1. The van der Waals surface area contributed by atoms with E-state index in [4.69, 9.17) is 5.26 Å². The van der Waals surface area contributed by atoms with Crippen molar-refractivity contribution in [3.8, 4) is 6.07 Å². The third kappa shape index (κ3) is 3.29. The maximum absolute atomic E-state index is 12.0. The fourth-order valence-electron chi connectivity index (χ4n) is 2.01. The van der Waals surface area contributed by atoms with Crippen molar-refractivity contribution < 1.29 is 8.42 Å². The third-order valence-corrected chi connectivity index (χ3v) is 4.27. The molecule has 5 nitrogen and oxygen atoms in total. The highest BCUT2D eigenvalue weighted by Crippen LogP contribution is 2.12. The number of nitrogens with zero attached hydrogens (tertiary/aromatic N) is 1. The van der Waals surface area contributed by atoms with Gasteiger partial charge in [-0.3, -0.25) is 0 Å². The topological polar surface area (TPSA) is 82.0 Å². The molecular weight excluding hydrogens is 250 g/mol. The molecule has 0 aromatic heterocycles. The maximum Gasteiger partial charge on any atom is 0.216 e. The van der Waals surface area contributed by atoms with Gasteiger partial charge in [-0.05, 0) is 24.6 Å². The van der Waals surface area contributed by atoms with E-state index in [1.807, 2.05) is 6.07 Å². The fraction of sp³-hybridized carbons (Fsp3) is 0.417. The molecule has 2 N–H and O–H groups in total. The van der Waals surface area contributed by atoms with Crippen LogP contribution in [0.3, 0.4) is 0 Å². The van der Waals surface area contributed by atoms with Crippen LogP contribution in [0.1, 0.15) is 17.5 Å². The number of rotatable bonds is 4. The average Bonchev–Trinajstić information content (AvgIpc) is 2.81. The molecule has 1 aliphatic rings. The van der Waals surface area contributed by atoms with Crippen molar-refractivity contribution >= 4 is 10.0 Å². The number of hydrogen-bond donors (Lipinski definition) is 2. The molecule has 6 heteroatoms. The van der Waals surface area contributed by atoms with Crippen molar-refractivity contribution in [2.75, 3.05) is 13.1 Å². The zero-order valence-electron chi connectivity index (χ0n) is 9.89. The molecule has 1 fully saturated rings. The Kier molecular flexibility index (Phi) is 3.97. The number of benzene rings is 1. The summed E-state index contributed by atoms with van der Waals surface area (Å²) >= 11 is 0. The summed E-state index contributed by atoms with van der Waals surface area (Å²) in [4.78, 5) is 0. The minimum atomic E-state index is -3.39. The van der Waals surface area contributed by atoms with Gasteiger partial charge in [-0.25, -0.2) is 13.1 Å². The SMILES string of the molecule is N#Cc1ccccc1CS(=O)(=O)N[C@H]1CCNC1. The predicted octanol–water partition coefficient (Wildman–Crippen LogP) is 0.340. The Morgan fingerprint density at radius 1 is 1.44 bits per heavy atom. The van der Waals surface area contributed by atoms with Gasteiger partial charge in [-0.15, -0.1) is 0 Å². The lowest BCUT2D eigenvalue weighted by Crippen LogP contribution is -2.37. The molecule has 0 amide bonds. The smallest absolute Gasteiger partial charge is 0.216 e. The van der Waals surface area contributed by atoms with Gasteiger partial charge in [0.05, 0.1) is 17.4 Å². The molecule has 1 saturated heterocycles. The lowest BCUT2D eigenvalue weighted by Gasteiger charge is -2.12. The highest BCUT2D eigenvalue weighted by Gasteiger charge is 2.22. The third-order valence-electron chi connectivity index (χ3n) is 2.89. The first kappa shape index (κ1) is 13.0.